The highest BCUT2D eigenvalue weighted by Crippen LogP contribution is 2.22. The Morgan fingerprint density at radius 2 is 1.85 bits per heavy atom. The van der Waals surface area contributed by atoms with Crippen LogP contribution in [0.3, 0.4) is 0 Å². The number of benzene rings is 1. The van der Waals surface area contributed by atoms with Crippen molar-refractivity contribution in [1.29, 1.82) is 0 Å². The Balaban J connectivity index is 2.19. The second-order valence-electron chi connectivity index (χ2n) is 5.06. The largest absolute Gasteiger partial charge is 0.362 e. The summed E-state index contributed by atoms with van der Waals surface area (Å²) in [5, 5.41) is 7.87. The maximum absolute atomic E-state index is 6.08. The summed E-state index contributed by atoms with van der Waals surface area (Å²) in [5.41, 5.74) is 2.00. The quantitative estimate of drug-likeness (QED) is 0.503. The van der Waals surface area contributed by atoms with Crippen LogP contribution >= 0.6 is 23.8 Å². The summed E-state index contributed by atoms with van der Waals surface area (Å²) in [4.78, 5) is 0. The SMILES string of the molecule is CCCCCCCCNC(=S)Nc1cccc(Cl)c1C. The van der Waals surface area contributed by atoms with Crippen LogP contribution in [0.1, 0.15) is 51.0 Å². The van der Waals surface area contributed by atoms with Crippen LogP contribution < -0.4 is 10.6 Å². The van der Waals surface area contributed by atoms with Crippen molar-refractivity contribution in [3.8, 4) is 0 Å². The summed E-state index contributed by atoms with van der Waals surface area (Å²) in [6, 6.07) is 5.79. The average molecular weight is 313 g/mol. The van der Waals surface area contributed by atoms with Crippen LogP contribution in [0.4, 0.5) is 5.69 Å². The molecule has 2 N–H and O–H groups in total. The van der Waals surface area contributed by atoms with E-state index in [0.29, 0.717) is 5.11 Å². The van der Waals surface area contributed by atoms with Crippen LogP contribution in [0, 0.1) is 6.92 Å². The predicted octanol–water partition coefficient (Wildman–Crippen LogP) is 5.30. The van der Waals surface area contributed by atoms with Gasteiger partial charge in [0.1, 0.15) is 0 Å². The van der Waals surface area contributed by atoms with Crippen molar-refractivity contribution >= 4 is 34.6 Å². The Labute approximate surface area is 133 Å². The van der Waals surface area contributed by atoms with E-state index >= 15 is 0 Å². The molecular weight excluding hydrogens is 288 g/mol. The fourth-order valence-corrected chi connectivity index (χ4v) is 2.40. The maximum atomic E-state index is 6.08. The number of hydrogen-bond donors (Lipinski definition) is 2. The maximum Gasteiger partial charge on any atom is 0.170 e. The smallest absolute Gasteiger partial charge is 0.170 e. The van der Waals surface area contributed by atoms with E-state index < -0.39 is 0 Å². The summed E-state index contributed by atoms with van der Waals surface area (Å²) in [6.07, 6.45) is 7.75. The number of rotatable bonds is 8. The lowest BCUT2D eigenvalue weighted by molar-refractivity contribution is 0.603. The molecule has 0 amide bonds. The first-order valence-electron chi connectivity index (χ1n) is 7.45. The van der Waals surface area contributed by atoms with Gasteiger partial charge in [0.05, 0.1) is 0 Å². The topological polar surface area (TPSA) is 24.1 Å². The Bertz CT molecular complexity index is 421. The summed E-state index contributed by atoms with van der Waals surface area (Å²) in [7, 11) is 0. The van der Waals surface area contributed by atoms with E-state index in [1.54, 1.807) is 0 Å². The van der Waals surface area contributed by atoms with Gasteiger partial charge in [-0.2, -0.15) is 0 Å². The molecular formula is C16H25ClN2S. The Morgan fingerprint density at radius 3 is 2.60 bits per heavy atom. The van der Waals surface area contributed by atoms with Crippen molar-refractivity contribution < 1.29 is 0 Å². The third kappa shape index (κ3) is 6.58. The van der Waals surface area contributed by atoms with Gasteiger partial charge in [0.2, 0.25) is 0 Å². The minimum atomic E-state index is 0.670. The summed E-state index contributed by atoms with van der Waals surface area (Å²) < 4.78 is 0. The van der Waals surface area contributed by atoms with E-state index in [4.69, 9.17) is 23.8 Å². The molecule has 0 radical (unpaired) electrons. The van der Waals surface area contributed by atoms with Crippen molar-refractivity contribution in [2.24, 2.45) is 0 Å². The molecule has 0 bridgehead atoms. The first-order valence-corrected chi connectivity index (χ1v) is 8.23. The fourth-order valence-electron chi connectivity index (χ4n) is 2.02. The van der Waals surface area contributed by atoms with Gasteiger partial charge in [0.25, 0.3) is 0 Å². The second-order valence-corrected chi connectivity index (χ2v) is 5.88. The molecule has 1 aromatic carbocycles. The predicted molar refractivity (Wildman–Crippen MR) is 93.8 cm³/mol. The Kier molecular flexibility index (Phi) is 8.63. The molecule has 0 saturated carbocycles. The second kappa shape index (κ2) is 10.0. The van der Waals surface area contributed by atoms with E-state index in [2.05, 4.69) is 17.6 Å². The molecule has 0 aromatic heterocycles. The molecule has 2 nitrogen and oxygen atoms in total. The molecule has 0 spiro atoms. The van der Waals surface area contributed by atoms with Gasteiger partial charge >= 0.3 is 0 Å². The number of unbranched alkanes of at least 4 members (excludes halogenated alkanes) is 5. The zero-order chi connectivity index (χ0) is 14.8. The average Bonchev–Trinajstić information content (AvgIpc) is 2.43. The number of thiocarbonyl (C=S) groups is 1. The summed E-state index contributed by atoms with van der Waals surface area (Å²) >= 11 is 11.4. The lowest BCUT2D eigenvalue weighted by Crippen LogP contribution is -2.29. The Hall–Kier alpha value is -0.800. The lowest BCUT2D eigenvalue weighted by atomic mass is 10.1. The van der Waals surface area contributed by atoms with Crippen molar-refractivity contribution in [3.63, 3.8) is 0 Å². The van der Waals surface area contributed by atoms with Crippen LogP contribution in [0.15, 0.2) is 18.2 Å². The molecule has 4 heteroatoms. The minimum absolute atomic E-state index is 0.670. The van der Waals surface area contributed by atoms with E-state index in [9.17, 15) is 0 Å². The van der Waals surface area contributed by atoms with Crippen molar-refractivity contribution in [1.82, 2.24) is 5.32 Å². The molecule has 0 heterocycles. The third-order valence-corrected chi connectivity index (χ3v) is 3.99. The molecule has 0 aliphatic rings. The fraction of sp³-hybridized carbons (Fsp3) is 0.562. The number of anilines is 1. The van der Waals surface area contributed by atoms with E-state index in [0.717, 1.165) is 22.8 Å². The van der Waals surface area contributed by atoms with Gasteiger partial charge in [0.15, 0.2) is 5.11 Å². The van der Waals surface area contributed by atoms with E-state index in [1.807, 2.05) is 25.1 Å². The van der Waals surface area contributed by atoms with Gasteiger partial charge in [-0.25, -0.2) is 0 Å². The van der Waals surface area contributed by atoms with Gasteiger partial charge in [-0.3, -0.25) is 0 Å². The number of halogens is 1. The minimum Gasteiger partial charge on any atom is -0.362 e. The first-order chi connectivity index (χ1) is 9.65. The lowest BCUT2D eigenvalue weighted by Gasteiger charge is -2.13. The van der Waals surface area contributed by atoms with Gasteiger partial charge in [0, 0.05) is 17.3 Å². The molecule has 0 unspecified atom stereocenters. The van der Waals surface area contributed by atoms with Crippen molar-refractivity contribution in [2.45, 2.75) is 52.4 Å². The molecule has 1 rings (SSSR count). The van der Waals surface area contributed by atoms with E-state index in [-0.39, 0.29) is 0 Å². The first kappa shape index (κ1) is 17.3. The van der Waals surface area contributed by atoms with Gasteiger partial charge in [-0.1, -0.05) is 56.7 Å². The number of nitrogens with one attached hydrogen (secondary N) is 2. The van der Waals surface area contributed by atoms with Crippen molar-refractivity contribution in [3.05, 3.63) is 28.8 Å². The molecule has 1 aromatic rings. The zero-order valence-corrected chi connectivity index (χ0v) is 14.0. The Morgan fingerprint density at radius 1 is 1.15 bits per heavy atom. The summed E-state index contributed by atoms with van der Waals surface area (Å²) in [6.45, 7) is 5.15. The molecule has 0 fully saturated rings. The molecule has 0 saturated heterocycles. The van der Waals surface area contributed by atoms with Crippen LogP contribution in [0.25, 0.3) is 0 Å². The summed E-state index contributed by atoms with van der Waals surface area (Å²) in [5.74, 6) is 0. The molecule has 20 heavy (non-hydrogen) atoms. The highest BCUT2D eigenvalue weighted by molar-refractivity contribution is 7.80. The molecule has 0 aliphatic carbocycles. The number of hydrogen-bond acceptors (Lipinski definition) is 1. The zero-order valence-electron chi connectivity index (χ0n) is 12.5. The van der Waals surface area contributed by atoms with E-state index in [1.165, 1.54) is 38.5 Å². The van der Waals surface area contributed by atoms with Crippen LogP contribution in [0.2, 0.25) is 5.02 Å². The van der Waals surface area contributed by atoms with Crippen LogP contribution in [-0.4, -0.2) is 11.7 Å². The monoisotopic (exact) mass is 312 g/mol. The highest BCUT2D eigenvalue weighted by atomic mass is 35.5. The van der Waals surface area contributed by atoms with Crippen LogP contribution in [-0.2, 0) is 0 Å². The molecule has 0 atom stereocenters. The van der Waals surface area contributed by atoms with Gasteiger partial charge < -0.3 is 10.6 Å². The van der Waals surface area contributed by atoms with Crippen LogP contribution in [0.5, 0.6) is 0 Å². The third-order valence-electron chi connectivity index (χ3n) is 3.33. The highest BCUT2D eigenvalue weighted by Gasteiger charge is 2.03. The molecule has 0 aliphatic heterocycles. The molecule has 112 valence electrons. The van der Waals surface area contributed by atoms with Gasteiger partial charge in [-0.15, -0.1) is 0 Å². The normalized spacial score (nSPS) is 10.3. The van der Waals surface area contributed by atoms with Crippen molar-refractivity contribution in [2.75, 3.05) is 11.9 Å². The standard InChI is InChI=1S/C16H25ClN2S/c1-3-4-5-6-7-8-12-18-16(20)19-15-11-9-10-14(17)13(15)2/h9-11H,3-8,12H2,1-2H3,(H2,18,19,20). The van der Waals surface area contributed by atoms with Gasteiger partial charge in [-0.05, 0) is 43.3 Å².